The fourth-order valence-corrected chi connectivity index (χ4v) is 2.95. The smallest absolute Gasteiger partial charge is 0.252 e. The molecule has 0 aromatic heterocycles. The lowest BCUT2D eigenvalue weighted by molar-refractivity contribution is -0.116. The van der Waals surface area contributed by atoms with Crippen molar-refractivity contribution in [2.45, 2.75) is 25.3 Å². The summed E-state index contributed by atoms with van der Waals surface area (Å²) in [6.45, 7) is 0. The Morgan fingerprint density at radius 1 is 0.958 bits per heavy atom. The molecule has 0 saturated heterocycles. The highest BCUT2D eigenvalue weighted by molar-refractivity contribution is 6.00. The Labute approximate surface area is 140 Å². The second-order valence-electron chi connectivity index (χ2n) is 5.82. The third kappa shape index (κ3) is 3.38. The molecule has 0 saturated carbocycles. The van der Waals surface area contributed by atoms with E-state index in [2.05, 4.69) is 5.32 Å². The number of aliphatic hydroxyl groups excluding tert-OH is 1. The molecule has 1 amide bonds. The number of carbonyl (C=O) groups excluding carboxylic acids is 2. The summed E-state index contributed by atoms with van der Waals surface area (Å²) in [4.78, 5) is 24.9. The summed E-state index contributed by atoms with van der Waals surface area (Å²) in [6.07, 6.45) is 1.50. The van der Waals surface area contributed by atoms with E-state index in [4.69, 9.17) is 0 Å². The first-order valence-electron chi connectivity index (χ1n) is 8.03. The van der Waals surface area contributed by atoms with E-state index in [9.17, 15) is 14.7 Å². The Morgan fingerprint density at radius 2 is 1.58 bits per heavy atom. The Bertz CT molecular complexity index is 766. The number of hydrogen-bond acceptors (Lipinski definition) is 3. The average molecular weight is 321 g/mol. The number of rotatable bonds is 4. The van der Waals surface area contributed by atoms with Gasteiger partial charge in [-0.15, -0.1) is 0 Å². The summed E-state index contributed by atoms with van der Waals surface area (Å²) < 4.78 is 0. The average Bonchev–Trinajstić information content (AvgIpc) is 2.62. The van der Waals surface area contributed by atoms with Gasteiger partial charge in [0, 0.05) is 18.4 Å². The molecular weight excluding hydrogens is 302 g/mol. The third-order valence-corrected chi connectivity index (χ3v) is 4.16. The van der Waals surface area contributed by atoms with Crippen LogP contribution in [-0.2, 0) is 4.79 Å². The Hall–Kier alpha value is -2.88. The second kappa shape index (κ2) is 7.13. The summed E-state index contributed by atoms with van der Waals surface area (Å²) in [5, 5.41) is 13.2. The van der Waals surface area contributed by atoms with Crippen molar-refractivity contribution in [2.75, 3.05) is 0 Å². The molecule has 0 spiro atoms. The highest BCUT2D eigenvalue weighted by Gasteiger charge is 2.30. The minimum Gasteiger partial charge on any atom is -0.512 e. The van der Waals surface area contributed by atoms with Crippen molar-refractivity contribution in [3.8, 4) is 0 Å². The van der Waals surface area contributed by atoms with E-state index in [0.29, 0.717) is 30.4 Å². The van der Waals surface area contributed by atoms with Crippen LogP contribution >= 0.6 is 0 Å². The zero-order valence-electron chi connectivity index (χ0n) is 13.2. The van der Waals surface area contributed by atoms with E-state index in [1.54, 1.807) is 24.3 Å². The third-order valence-electron chi connectivity index (χ3n) is 4.16. The second-order valence-corrected chi connectivity index (χ2v) is 5.82. The predicted octanol–water partition coefficient (Wildman–Crippen LogP) is 3.72. The van der Waals surface area contributed by atoms with E-state index < -0.39 is 6.04 Å². The number of ketones is 1. The quantitative estimate of drug-likeness (QED) is 0.902. The fourth-order valence-electron chi connectivity index (χ4n) is 2.95. The number of Topliss-reactive ketones (excluding diaryl/α,β-unsaturated/α-hetero) is 1. The maximum absolute atomic E-state index is 12.6. The zero-order valence-corrected chi connectivity index (χ0v) is 13.2. The van der Waals surface area contributed by atoms with Crippen molar-refractivity contribution < 1.29 is 14.7 Å². The number of allylic oxidation sites excluding steroid dienone is 1. The van der Waals surface area contributed by atoms with Crippen LogP contribution in [-0.4, -0.2) is 16.8 Å². The molecule has 0 heterocycles. The topological polar surface area (TPSA) is 66.4 Å². The lowest BCUT2D eigenvalue weighted by Crippen LogP contribution is -2.33. The van der Waals surface area contributed by atoms with Gasteiger partial charge in [-0.3, -0.25) is 9.59 Å². The SMILES string of the molecule is O=C1CCCC(O)=C1C(NC(=O)c1ccccc1)c1ccccc1. The highest BCUT2D eigenvalue weighted by Crippen LogP contribution is 2.31. The van der Waals surface area contributed by atoms with Crippen LogP contribution in [0.1, 0.15) is 41.2 Å². The van der Waals surface area contributed by atoms with E-state index in [0.717, 1.165) is 5.56 Å². The van der Waals surface area contributed by atoms with Gasteiger partial charge in [-0.2, -0.15) is 0 Å². The van der Waals surface area contributed by atoms with Gasteiger partial charge in [0.05, 0.1) is 11.6 Å². The minimum absolute atomic E-state index is 0.0773. The lowest BCUT2D eigenvalue weighted by Gasteiger charge is -2.25. The Morgan fingerprint density at radius 3 is 2.21 bits per heavy atom. The van der Waals surface area contributed by atoms with E-state index in [-0.39, 0.29) is 17.4 Å². The van der Waals surface area contributed by atoms with Gasteiger partial charge in [0.1, 0.15) is 5.76 Å². The molecule has 24 heavy (non-hydrogen) atoms. The van der Waals surface area contributed by atoms with Gasteiger partial charge < -0.3 is 10.4 Å². The summed E-state index contributed by atoms with van der Waals surface area (Å²) in [5.74, 6) is -0.308. The molecule has 1 unspecified atom stereocenters. The van der Waals surface area contributed by atoms with Crippen LogP contribution < -0.4 is 5.32 Å². The number of amides is 1. The first-order chi connectivity index (χ1) is 11.7. The maximum Gasteiger partial charge on any atom is 0.252 e. The Balaban J connectivity index is 1.97. The molecule has 2 N–H and O–H groups in total. The van der Waals surface area contributed by atoms with Crippen LogP contribution in [0.5, 0.6) is 0 Å². The van der Waals surface area contributed by atoms with Crippen molar-refractivity contribution in [2.24, 2.45) is 0 Å². The molecule has 0 aliphatic heterocycles. The van der Waals surface area contributed by atoms with Crippen LogP contribution in [0.3, 0.4) is 0 Å². The van der Waals surface area contributed by atoms with Crippen molar-refractivity contribution in [3.63, 3.8) is 0 Å². The van der Waals surface area contributed by atoms with Gasteiger partial charge in [0.25, 0.3) is 5.91 Å². The molecule has 1 aliphatic carbocycles. The molecule has 1 atom stereocenters. The first-order valence-corrected chi connectivity index (χ1v) is 8.03. The number of hydrogen-bond donors (Lipinski definition) is 2. The van der Waals surface area contributed by atoms with Crippen LogP contribution in [0.15, 0.2) is 72.0 Å². The normalized spacial score (nSPS) is 15.9. The number of aliphatic hydroxyl groups is 1. The molecule has 0 radical (unpaired) electrons. The number of benzene rings is 2. The number of carbonyl (C=O) groups is 2. The van der Waals surface area contributed by atoms with Crippen molar-refractivity contribution in [1.29, 1.82) is 0 Å². The molecule has 4 heteroatoms. The van der Waals surface area contributed by atoms with Crippen LogP contribution in [0.2, 0.25) is 0 Å². The van der Waals surface area contributed by atoms with E-state index in [1.807, 2.05) is 36.4 Å². The highest BCUT2D eigenvalue weighted by atomic mass is 16.3. The maximum atomic E-state index is 12.6. The van der Waals surface area contributed by atoms with E-state index >= 15 is 0 Å². The molecule has 1 aliphatic rings. The van der Waals surface area contributed by atoms with Gasteiger partial charge in [-0.25, -0.2) is 0 Å². The summed E-state index contributed by atoms with van der Waals surface area (Å²) in [7, 11) is 0. The van der Waals surface area contributed by atoms with Crippen molar-refractivity contribution in [1.82, 2.24) is 5.32 Å². The molecule has 2 aromatic rings. The molecule has 122 valence electrons. The Kier molecular flexibility index (Phi) is 4.75. The molecule has 0 fully saturated rings. The largest absolute Gasteiger partial charge is 0.512 e. The summed E-state index contributed by atoms with van der Waals surface area (Å²) in [5.41, 5.74) is 1.59. The van der Waals surface area contributed by atoms with Gasteiger partial charge in [-0.1, -0.05) is 48.5 Å². The lowest BCUT2D eigenvalue weighted by atomic mass is 9.87. The van der Waals surface area contributed by atoms with Crippen LogP contribution in [0.4, 0.5) is 0 Å². The van der Waals surface area contributed by atoms with Crippen molar-refractivity contribution in [3.05, 3.63) is 83.1 Å². The van der Waals surface area contributed by atoms with E-state index in [1.165, 1.54) is 0 Å². The molecule has 4 nitrogen and oxygen atoms in total. The zero-order chi connectivity index (χ0) is 16.9. The van der Waals surface area contributed by atoms with Gasteiger partial charge in [0.2, 0.25) is 0 Å². The monoisotopic (exact) mass is 321 g/mol. The first kappa shape index (κ1) is 16.0. The van der Waals surface area contributed by atoms with Gasteiger partial charge in [0.15, 0.2) is 5.78 Å². The molecule has 0 bridgehead atoms. The fraction of sp³-hybridized carbons (Fsp3) is 0.200. The standard InChI is InChI=1S/C20H19NO3/c22-16-12-7-13-17(23)18(16)19(14-8-3-1-4-9-14)21-20(24)15-10-5-2-6-11-15/h1-6,8-11,19,22H,7,12-13H2,(H,21,24). The predicted molar refractivity (Wildman–Crippen MR) is 91.6 cm³/mol. The summed E-state index contributed by atoms with van der Waals surface area (Å²) in [6, 6.07) is 17.5. The molecule has 3 rings (SSSR count). The minimum atomic E-state index is -0.647. The number of nitrogens with one attached hydrogen (secondary N) is 1. The van der Waals surface area contributed by atoms with Gasteiger partial charge in [-0.05, 0) is 24.1 Å². The van der Waals surface area contributed by atoms with Gasteiger partial charge >= 0.3 is 0 Å². The van der Waals surface area contributed by atoms with Crippen molar-refractivity contribution >= 4 is 11.7 Å². The molecule has 2 aromatic carbocycles. The summed E-state index contributed by atoms with van der Waals surface area (Å²) >= 11 is 0. The van der Waals surface area contributed by atoms with Crippen LogP contribution in [0.25, 0.3) is 0 Å². The van der Waals surface area contributed by atoms with Crippen LogP contribution in [0, 0.1) is 0 Å². The molecular formula is C20H19NO3.